The lowest BCUT2D eigenvalue weighted by Crippen LogP contribution is -1.88. The Morgan fingerprint density at radius 3 is 2.40 bits per heavy atom. The molecule has 1 nitrogen and oxygen atoms in total. The number of rotatable bonds is 2. The molecular weight excluding hydrogens is 184 g/mol. The summed E-state index contributed by atoms with van der Waals surface area (Å²) in [4.78, 5) is 0. The van der Waals surface area contributed by atoms with Crippen LogP contribution in [0.3, 0.4) is 0 Å². The summed E-state index contributed by atoms with van der Waals surface area (Å²) in [6.45, 7) is 6.53. The highest BCUT2D eigenvalue weighted by molar-refractivity contribution is 5.45. The van der Waals surface area contributed by atoms with Crippen LogP contribution in [0.2, 0.25) is 0 Å². The van der Waals surface area contributed by atoms with Gasteiger partial charge < -0.3 is 5.11 Å². The topological polar surface area (TPSA) is 20.2 Å². The van der Waals surface area contributed by atoms with E-state index in [-0.39, 0.29) is 6.61 Å². The number of aryl methyl sites for hydroxylation is 3. The number of unbranched alkanes of at least 4 members (excludes halogenated alkanes) is 1. The lowest BCUT2D eigenvalue weighted by Gasteiger charge is -2.04. The molecule has 0 bridgehead atoms. The monoisotopic (exact) mass is 202 g/mol. The summed E-state index contributed by atoms with van der Waals surface area (Å²) < 4.78 is 0. The minimum atomic E-state index is 0.223. The van der Waals surface area contributed by atoms with E-state index < -0.39 is 0 Å². The molecular formula is C14H18O. The highest BCUT2D eigenvalue weighted by Crippen LogP contribution is 2.14. The molecule has 0 fully saturated rings. The van der Waals surface area contributed by atoms with Crippen LogP contribution in [0.1, 0.15) is 35.1 Å². The van der Waals surface area contributed by atoms with E-state index in [0.717, 1.165) is 18.4 Å². The second-order valence-corrected chi connectivity index (χ2v) is 3.88. The third-order valence-electron chi connectivity index (χ3n) is 2.52. The van der Waals surface area contributed by atoms with E-state index in [0.29, 0.717) is 0 Å². The molecule has 1 aromatic carbocycles. The van der Waals surface area contributed by atoms with Crippen molar-refractivity contribution in [3.05, 3.63) is 34.4 Å². The van der Waals surface area contributed by atoms with Crippen molar-refractivity contribution in [2.75, 3.05) is 6.61 Å². The van der Waals surface area contributed by atoms with Crippen molar-refractivity contribution in [1.82, 2.24) is 0 Å². The van der Waals surface area contributed by atoms with Gasteiger partial charge in [0.2, 0.25) is 0 Å². The van der Waals surface area contributed by atoms with E-state index in [4.69, 9.17) is 5.11 Å². The van der Waals surface area contributed by atoms with Gasteiger partial charge in [-0.25, -0.2) is 0 Å². The van der Waals surface area contributed by atoms with Crippen LogP contribution < -0.4 is 0 Å². The Kier molecular flexibility index (Phi) is 4.39. The molecule has 0 saturated heterocycles. The van der Waals surface area contributed by atoms with Gasteiger partial charge in [-0.3, -0.25) is 0 Å². The second kappa shape index (κ2) is 5.58. The van der Waals surface area contributed by atoms with Crippen LogP contribution in [0.25, 0.3) is 0 Å². The third kappa shape index (κ3) is 3.42. The molecule has 0 aliphatic carbocycles. The predicted octanol–water partition coefficient (Wildman–Crippen LogP) is 2.74. The van der Waals surface area contributed by atoms with E-state index in [2.05, 4.69) is 44.7 Å². The Balaban J connectivity index is 2.84. The largest absolute Gasteiger partial charge is 0.396 e. The van der Waals surface area contributed by atoms with Crippen molar-refractivity contribution >= 4 is 0 Å². The number of aliphatic hydroxyl groups is 1. The Morgan fingerprint density at radius 1 is 1.07 bits per heavy atom. The fourth-order valence-corrected chi connectivity index (χ4v) is 1.42. The average Bonchev–Trinajstić information content (AvgIpc) is 2.20. The maximum atomic E-state index is 8.63. The van der Waals surface area contributed by atoms with Crippen molar-refractivity contribution in [2.45, 2.75) is 33.6 Å². The first kappa shape index (κ1) is 11.8. The minimum Gasteiger partial charge on any atom is -0.396 e. The van der Waals surface area contributed by atoms with Gasteiger partial charge in [0.1, 0.15) is 0 Å². The molecule has 0 aliphatic rings. The van der Waals surface area contributed by atoms with Crippen LogP contribution in [0.15, 0.2) is 12.1 Å². The SMILES string of the molecule is Cc1cc(C)c(C#CCCCO)cc1C. The van der Waals surface area contributed by atoms with Crippen LogP contribution in [-0.2, 0) is 0 Å². The highest BCUT2D eigenvalue weighted by Gasteiger charge is 1.98. The Hall–Kier alpha value is -1.26. The van der Waals surface area contributed by atoms with Gasteiger partial charge >= 0.3 is 0 Å². The maximum Gasteiger partial charge on any atom is 0.0440 e. The molecule has 1 heteroatoms. The summed E-state index contributed by atoms with van der Waals surface area (Å²) in [5, 5.41) is 8.63. The Labute approximate surface area is 92.1 Å². The van der Waals surface area contributed by atoms with Gasteiger partial charge in [-0.15, -0.1) is 0 Å². The first-order valence-corrected chi connectivity index (χ1v) is 5.32. The van der Waals surface area contributed by atoms with Crippen LogP contribution in [-0.4, -0.2) is 11.7 Å². The molecule has 0 spiro atoms. The molecule has 0 aliphatic heterocycles. The van der Waals surface area contributed by atoms with Gasteiger partial charge in [0.25, 0.3) is 0 Å². The zero-order chi connectivity index (χ0) is 11.3. The maximum absolute atomic E-state index is 8.63. The molecule has 1 rings (SSSR count). The summed E-state index contributed by atoms with van der Waals surface area (Å²) in [5.74, 6) is 6.23. The summed E-state index contributed by atoms with van der Waals surface area (Å²) >= 11 is 0. The second-order valence-electron chi connectivity index (χ2n) is 3.88. The molecule has 0 heterocycles. The van der Waals surface area contributed by atoms with Crippen molar-refractivity contribution in [2.24, 2.45) is 0 Å². The Bertz CT molecular complexity index is 394. The van der Waals surface area contributed by atoms with Gasteiger partial charge in [-0.1, -0.05) is 17.9 Å². The molecule has 1 N–H and O–H groups in total. The van der Waals surface area contributed by atoms with Crippen molar-refractivity contribution in [3.63, 3.8) is 0 Å². The fraction of sp³-hybridized carbons (Fsp3) is 0.429. The van der Waals surface area contributed by atoms with E-state index in [1.165, 1.54) is 16.7 Å². The van der Waals surface area contributed by atoms with Crippen molar-refractivity contribution in [1.29, 1.82) is 0 Å². The first-order chi connectivity index (χ1) is 7.15. The first-order valence-electron chi connectivity index (χ1n) is 5.32. The van der Waals surface area contributed by atoms with Crippen molar-refractivity contribution < 1.29 is 5.11 Å². The molecule has 0 amide bonds. The third-order valence-corrected chi connectivity index (χ3v) is 2.52. The van der Waals surface area contributed by atoms with Gasteiger partial charge in [-0.2, -0.15) is 0 Å². The molecule has 0 aromatic heterocycles. The standard InChI is InChI=1S/C14H18O/c1-11-9-13(3)14(10-12(11)2)7-5-4-6-8-15/h9-10,15H,4,6,8H2,1-3H3. The lowest BCUT2D eigenvalue weighted by atomic mass is 10.0. The van der Waals surface area contributed by atoms with E-state index in [1.807, 2.05) is 0 Å². The van der Waals surface area contributed by atoms with E-state index in [9.17, 15) is 0 Å². The van der Waals surface area contributed by atoms with Gasteiger partial charge in [0, 0.05) is 18.6 Å². The zero-order valence-electron chi connectivity index (χ0n) is 9.72. The number of aliphatic hydroxyl groups excluding tert-OH is 1. The molecule has 1 aromatic rings. The summed E-state index contributed by atoms with van der Waals surface area (Å²) in [6.07, 6.45) is 1.53. The van der Waals surface area contributed by atoms with Crippen LogP contribution in [0, 0.1) is 32.6 Å². The Morgan fingerprint density at radius 2 is 1.73 bits per heavy atom. The molecule has 80 valence electrons. The summed E-state index contributed by atoms with van der Waals surface area (Å²) in [6, 6.07) is 4.31. The average molecular weight is 202 g/mol. The van der Waals surface area contributed by atoms with Crippen LogP contribution in [0.5, 0.6) is 0 Å². The quantitative estimate of drug-likeness (QED) is 0.577. The van der Waals surface area contributed by atoms with Crippen LogP contribution >= 0.6 is 0 Å². The van der Waals surface area contributed by atoms with Gasteiger partial charge in [0.05, 0.1) is 0 Å². The smallest absolute Gasteiger partial charge is 0.0440 e. The number of benzene rings is 1. The van der Waals surface area contributed by atoms with E-state index >= 15 is 0 Å². The normalized spacial score (nSPS) is 9.60. The van der Waals surface area contributed by atoms with Gasteiger partial charge in [0.15, 0.2) is 0 Å². The zero-order valence-corrected chi connectivity index (χ0v) is 9.72. The number of hydrogen-bond donors (Lipinski definition) is 1. The lowest BCUT2D eigenvalue weighted by molar-refractivity contribution is 0.290. The molecule has 15 heavy (non-hydrogen) atoms. The highest BCUT2D eigenvalue weighted by atomic mass is 16.2. The molecule has 0 unspecified atom stereocenters. The number of hydrogen-bond acceptors (Lipinski definition) is 1. The minimum absolute atomic E-state index is 0.223. The van der Waals surface area contributed by atoms with Crippen molar-refractivity contribution in [3.8, 4) is 11.8 Å². The van der Waals surface area contributed by atoms with Gasteiger partial charge in [-0.05, 0) is 49.9 Å². The van der Waals surface area contributed by atoms with E-state index in [1.54, 1.807) is 0 Å². The fourth-order valence-electron chi connectivity index (χ4n) is 1.42. The molecule has 0 radical (unpaired) electrons. The van der Waals surface area contributed by atoms with Crippen LogP contribution in [0.4, 0.5) is 0 Å². The molecule has 0 saturated carbocycles. The molecule has 0 atom stereocenters. The summed E-state index contributed by atoms with van der Waals surface area (Å²) in [5.41, 5.74) is 4.94. The summed E-state index contributed by atoms with van der Waals surface area (Å²) in [7, 11) is 0. The predicted molar refractivity (Wildman–Crippen MR) is 63.9 cm³/mol.